The number of rotatable bonds is 10. The van der Waals surface area contributed by atoms with Crippen LogP contribution in [0.1, 0.15) is 70.9 Å². The van der Waals surface area contributed by atoms with Gasteiger partial charge >= 0.3 is 0 Å². The molecular formula is C23H36O3. The quantitative estimate of drug-likeness (QED) is 0.448. The van der Waals surface area contributed by atoms with Crippen molar-refractivity contribution in [3.8, 4) is 17.2 Å². The van der Waals surface area contributed by atoms with Gasteiger partial charge in [0.15, 0.2) is 11.5 Å². The maximum absolute atomic E-state index is 5.76. The fraction of sp³-hybridized carbons (Fsp3) is 0.565. The van der Waals surface area contributed by atoms with Crippen LogP contribution in [0.15, 0.2) is 29.4 Å². The minimum Gasteiger partial charge on any atom is -0.496 e. The molecule has 0 saturated heterocycles. The molecule has 146 valence electrons. The van der Waals surface area contributed by atoms with Crippen molar-refractivity contribution < 1.29 is 14.2 Å². The van der Waals surface area contributed by atoms with E-state index in [0.717, 1.165) is 48.5 Å². The van der Waals surface area contributed by atoms with Crippen molar-refractivity contribution in [3.05, 3.63) is 40.5 Å². The van der Waals surface area contributed by atoms with E-state index in [1.165, 1.54) is 16.7 Å². The number of ether oxygens (including phenoxy) is 3. The molecule has 1 rings (SSSR count). The SMILES string of the molecule is COc1cc(CC/C=C(\C)CCC=C(C)C)c(OC)c(C(C)C)c1OC. The topological polar surface area (TPSA) is 27.7 Å². The molecule has 1 aromatic carbocycles. The molecule has 26 heavy (non-hydrogen) atoms. The van der Waals surface area contributed by atoms with E-state index >= 15 is 0 Å². The standard InChI is InChI=1S/C23H36O3/c1-16(2)11-9-12-18(5)13-10-14-19-15-20(24-6)23(26-8)21(17(3)4)22(19)25-7/h11,13,15,17H,9-10,12,14H2,1-8H3/b18-13+. The van der Waals surface area contributed by atoms with Crippen LogP contribution in [0.25, 0.3) is 0 Å². The largest absolute Gasteiger partial charge is 0.496 e. The number of hydrogen-bond donors (Lipinski definition) is 0. The third-order valence-electron chi connectivity index (χ3n) is 4.51. The molecule has 0 heterocycles. The van der Waals surface area contributed by atoms with Crippen molar-refractivity contribution >= 4 is 0 Å². The van der Waals surface area contributed by atoms with Crippen LogP contribution in [0.3, 0.4) is 0 Å². The summed E-state index contributed by atoms with van der Waals surface area (Å²) in [4.78, 5) is 0. The highest BCUT2D eigenvalue weighted by atomic mass is 16.5. The van der Waals surface area contributed by atoms with Crippen LogP contribution in [-0.4, -0.2) is 21.3 Å². The molecule has 0 aromatic heterocycles. The van der Waals surface area contributed by atoms with Crippen LogP contribution < -0.4 is 14.2 Å². The van der Waals surface area contributed by atoms with Gasteiger partial charge in [-0.05, 0) is 64.0 Å². The van der Waals surface area contributed by atoms with E-state index < -0.39 is 0 Å². The van der Waals surface area contributed by atoms with Gasteiger partial charge in [0.05, 0.1) is 21.3 Å². The molecule has 0 N–H and O–H groups in total. The van der Waals surface area contributed by atoms with E-state index in [0.29, 0.717) is 0 Å². The van der Waals surface area contributed by atoms with Crippen LogP contribution in [0.4, 0.5) is 0 Å². The van der Waals surface area contributed by atoms with Crippen LogP contribution in [0.5, 0.6) is 17.2 Å². The Labute approximate surface area is 160 Å². The molecule has 3 nitrogen and oxygen atoms in total. The van der Waals surface area contributed by atoms with Gasteiger partial charge in [-0.3, -0.25) is 0 Å². The molecule has 0 fully saturated rings. The molecule has 3 heteroatoms. The van der Waals surface area contributed by atoms with Gasteiger partial charge in [0.2, 0.25) is 0 Å². The Bertz CT molecular complexity index is 635. The predicted molar refractivity (Wildman–Crippen MR) is 111 cm³/mol. The highest BCUT2D eigenvalue weighted by Gasteiger charge is 2.22. The molecule has 0 atom stereocenters. The smallest absolute Gasteiger partial charge is 0.167 e. The lowest BCUT2D eigenvalue weighted by molar-refractivity contribution is 0.340. The summed E-state index contributed by atoms with van der Waals surface area (Å²) in [6.07, 6.45) is 8.77. The molecule has 1 aromatic rings. The van der Waals surface area contributed by atoms with E-state index in [9.17, 15) is 0 Å². The first-order valence-electron chi connectivity index (χ1n) is 9.46. The molecule has 0 aliphatic rings. The Morgan fingerprint density at radius 2 is 1.58 bits per heavy atom. The zero-order valence-electron chi connectivity index (χ0n) is 17.9. The van der Waals surface area contributed by atoms with Crippen molar-refractivity contribution in [1.29, 1.82) is 0 Å². The zero-order valence-corrected chi connectivity index (χ0v) is 17.9. The number of methoxy groups -OCH3 is 3. The van der Waals surface area contributed by atoms with Gasteiger partial charge in [-0.1, -0.05) is 37.1 Å². The average Bonchev–Trinajstić information content (AvgIpc) is 2.59. The van der Waals surface area contributed by atoms with Crippen molar-refractivity contribution in [3.63, 3.8) is 0 Å². The Morgan fingerprint density at radius 3 is 2.08 bits per heavy atom. The summed E-state index contributed by atoms with van der Waals surface area (Å²) < 4.78 is 16.9. The summed E-state index contributed by atoms with van der Waals surface area (Å²) in [5, 5.41) is 0. The molecule has 0 saturated carbocycles. The Hall–Kier alpha value is -1.90. The maximum atomic E-state index is 5.76. The summed E-state index contributed by atoms with van der Waals surface area (Å²) in [6.45, 7) is 10.8. The van der Waals surface area contributed by atoms with Gasteiger partial charge in [-0.2, -0.15) is 0 Å². The van der Waals surface area contributed by atoms with Crippen LogP contribution >= 0.6 is 0 Å². The summed E-state index contributed by atoms with van der Waals surface area (Å²) in [5.41, 5.74) is 5.07. The van der Waals surface area contributed by atoms with E-state index in [1.807, 2.05) is 0 Å². The predicted octanol–water partition coefficient (Wildman–Crippen LogP) is 6.46. The monoisotopic (exact) mass is 360 g/mol. The highest BCUT2D eigenvalue weighted by molar-refractivity contribution is 5.59. The molecule has 0 unspecified atom stereocenters. The minimum atomic E-state index is 0.287. The van der Waals surface area contributed by atoms with Gasteiger partial charge in [0.25, 0.3) is 0 Å². The second kappa shape index (κ2) is 10.9. The maximum Gasteiger partial charge on any atom is 0.167 e. The molecule has 0 aliphatic carbocycles. The molecular weight excluding hydrogens is 324 g/mol. The number of benzene rings is 1. The fourth-order valence-electron chi connectivity index (χ4n) is 3.18. The summed E-state index contributed by atoms with van der Waals surface area (Å²) in [5.74, 6) is 2.76. The van der Waals surface area contributed by atoms with Gasteiger partial charge in [-0.15, -0.1) is 0 Å². The summed E-state index contributed by atoms with van der Waals surface area (Å²) in [7, 11) is 5.10. The lowest BCUT2D eigenvalue weighted by Crippen LogP contribution is -2.04. The Morgan fingerprint density at radius 1 is 0.923 bits per heavy atom. The number of allylic oxidation sites excluding steroid dienone is 4. The molecule has 0 aliphatic heterocycles. The first kappa shape index (κ1) is 22.1. The van der Waals surface area contributed by atoms with E-state index in [2.05, 4.69) is 52.8 Å². The van der Waals surface area contributed by atoms with Gasteiger partial charge in [0, 0.05) is 5.56 Å². The van der Waals surface area contributed by atoms with Gasteiger partial charge in [-0.25, -0.2) is 0 Å². The Balaban J connectivity index is 3.02. The first-order chi connectivity index (χ1) is 12.3. The van der Waals surface area contributed by atoms with Crippen molar-refractivity contribution in [1.82, 2.24) is 0 Å². The summed E-state index contributed by atoms with van der Waals surface area (Å²) >= 11 is 0. The van der Waals surface area contributed by atoms with Crippen molar-refractivity contribution in [2.45, 2.75) is 66.2 Å². The van der Waals surface area contributed by atoms with Crippen molar-refractivity contribution in [2.24, 2.45) is 0 Å². The second-order valence-electron chi connectivity index (χ2n) is 7.28. The van der Waals surface area contributed by atoms with E-state index in [-0.39, 0.29) is 5.92 Å². The first-order valence-corrected chi connectivity index (χ1v) is 9.46. The molecule has 0 bridgehead atoms. The minimum absolute atomic E-state index is 0.287. The third kappa shape index (κ3) is 6.12. The van der Waals surface area contributed by atoms with Gasteiger partial charge in [0.1, 0.15) is 5.75 Å². The lowest BCUT2D eigenvalue weighted by atomic mass is 9.94. The molecule has 0 spiro atoms. The number of aryl methyl sites for hydroxylation is 1. The zero-order chi connectivity index (χ0) is 19.7. The van der Waals surface area contributed by atoms with E-state index in [4.69, 9.17) is 14.2 Å². The molecule has 0 radical (unpaired) electrons. The fourth-order valence-corrected chi connectivity index (χ4v) is 3.18. The average molecular weight is 361 g/mol. The van der Waals surface area contributed by atoms with E-state index in [1.54, 1.807) is 21.3 Å². The third-order valence-corrected chi connectivity index (χ3v) is 4.51. The molecule has 0 amide bonds. The van der Waals surface area contributed by atoms with Crippen LogP contribution in [-0.2, 0) is 6.42 Å². The van der Waals surface area contributed by atoms with Crippen LogP contribution in [0, 0.1) is 0 Å². The highest BCUT2D eigenvalue weighted by Crippen LogP contribution is 2.44. The second-order valence-corrected chi connectivity index (χ2v) is 7.28. The van der Waals surface area contributed by atoms with Crippen LogP contribution in [0.2, 0.25) is 0 Å². The van der Waals surface area contributed by atoms with Gasteiger partial charge < -0.3 is 14.2 Å². The van der Waals surface area contributed by atoms with Crippen molar-refractivity contribution in [2.75, 3.05) is 21.3 Å². The Kier molecular flexibility index (Phi) is 9.32. The normalized spacial score (nSPS) is 11.5. The number of hydrogen-bond acceptors (Lipinski definition) is 3. The summed E-state index contributed by atoms with van der Waals surface area (Å²) in [6, 6.07) is 2.05. The lowest BCUT2D eigenvalue weighted by Gasteiger charge is -2.21.